The second-order valence-electron chi connectivity index (χ2n) is 10.6. The van der Waals surface area contributed by atoms with Crippen molar-refractivity contribution in [3.05, 3.63) is 70.0 Å². The van der Waals surface area contributed by atoms with Crippen molar-refractivity contribution in [3.63, 3.8) is 0 Å². The Bertz CT molecular complexity index is 966. The summed E-state index contributed by atoms with van der Waals surface area (Å²) in [5.74, 6) is 0.0496. The molecule has 0 spiro atoms. The van der Waals surface area contributed by atoms with Gasteiger partial charge in [0.05, 0.1) is 25.9 Å². The first kappa shape index (κ1) is 28.8. The van der Waals surface area contributed by atoms with Crippen LogP contribution < -0.4 is 0 Å². The van der Waals surface area contributed by atoms with Gasteiger partial charge < -0.3 is 14.6 Å². The number of halogens is 2. The fraction of sp³-hybridized carbons (Fsp3) is 0.567. The molecule has 2 bridgehead atoms. The van der Waals surface area contributed by atoms with Gasteiger partial charge in [0.2, 0.25) is 0 Å². The summed E-state index contributed by atoms with van der Waals surface area (Å²) in [6, 6.07) is 6.85. The van der Waals surface area contributed by atoms with E-state index < -0.39 is 6.10 Å². The lowest BCUT2D eigenvalue weighted by Crippen LogP contribution is -2.39. The van der Waals surface area contributed by atoms with Gasteiger partial charge in [0.15, 0.2) is 0 Å². The predicted molar refractivity (Wildman–Crippen MR) is 145 cm³/mol. The minimum absolute atomic E-state index is 0.0561. The van der Waals surface area contributed by atoms with Crippen molar-refractivity contribution in [2.45, 2.75) is 76.9 Å². The van der Waals surface area contributed by atoms with Crippen molar-refractivity contribution in [3.8, 4) is 0 Å². The van der Waals surface area contributed by atoms with Crippen LogP contribution in [0.15, 0.2) is 58.6 Å². The number of methoxy groups -OCH3 is 1. The summed E-state index contributed by atoms with van der Waals surface area (Å²) in [5, 5.41) is 11.0. The summed E-state index contributed by atoms with van der Waals surface area (Å²) in [6.45, 7) is 6.81. The van der Waals surface area contributed by atoms with Gasteiger partial charge in [-0.2, -0.15) is 0 Å². The van der Waals surface area contributed by atoms with Gasteiger partial charge in [0.1, 0.15) is 5.82 Å². The number of aliphatic hydroxyl groups is 1. The molecule has 1 heterocycles. The van der Waals surface area contributed by atoms with Crippen molar-refractivity contribution < 1.29 is 23.8 Å². The lowest BCUT2D eigenvalue weighted by Gasteiger charge is -2.38. The maximum Gasteiger partial charge on any atom is 0.305 e. The van der Waals surface area contributed by atoms with E-state index in [1.807, 2.05) is 12.1 Å². The smallest absolute Gasteiger partial charge is 0.305 e. The average molecular weight is 564 g/mol. The summed E-state index contributed by atoms with van der Waals surface area (Å²) in [5.41, 5.74) is 2.16. The number of ether oxygens (including phenoxy) is 2. The Labute approximate surface area is 223 Å². The monoisotopic (exact) mass is 562 g/mol. The molecule has 1 saturated heterocycles. The first-order valence-corrected chi connectivity index (χ1v) is 13.8. The molecular weight excluding hydrogens is 523 g/mol. The number of rotatable bonds is 12. The van der Waals surface area contributed by atoms with E-state index in [4.69, 9.17) is 9.47 Å². The van der Waals surface area contributed by atoms with Crippen molar-refractivity contribution in [1.29, 1.82) is 0 Å². The lowest BCUT2D eigenvalue weighted by molar-refractivity contribution is -0.140. The number of carbonyl (C=O) groups is 1. The summed E-state index contributed by atoms with van der Waals surface area (Å²) >= 11 is 3.69. The second kappa shape index (κ2) is 13.2. The summed E-state index contributed by atoms with van der Waals surface area (Å²) in [7, 11) is 1.41. The summed E-state index contributed by atoms with van der Waals surface area (Å²) < 4.78 is 25.5. The molecule has 1 saturated carbocycles. The Hall–Kier alpha value is -1.76. The van der Waals surface area contributed by atoms with Gasteiger partial charge >= 0.3 is 5.97 Å². The number of unbranched alkanes of at least 4 members (excludes halogenated alkanes) is 1. The van der Waals surface area contributed by atoms with Crippen LogP contribution in [-0.2, 0) is 19.7 Å². The van der Waals surface area contributed by atoms with Gasteiger partial charge in [-0.05, 0) is 75.5 Å². The van der Waals surface area contributed by atoms with Gasteiger partial charge in [-0.15, -0.1) is 0 Å². The number of benzene rings is 1. The highest BCUT2D eigenvalue weighted by atomic mass is 79.9. The maximum atomic E-state index is 13.7. The fourth-order valence-corrected chi connectivity index (χ4v) is 6.36. The van der Waals surface area contributed by atoms with E-state index in [0.717, 1.165) is 42.1 Å². The molecule has 1 aromatic rings. The summed E-state index contributed by atoms with van der Waals surface area (Å²) in [6.07, 6.45) is 12.7. The quantitative estimate of drug-likeness (QED) is 0.169. The predicted octanol–water partition coefficient (Wildman–Crippen LogP) is 7.02. The second-order valence-corrected chi connectivity index (χ2v) is 11.5. The zero-order valence-electron chi connectivity index (χ0n) is 21.9. The molecule has 1 aliphatic heterocycles. The molecular formula is C30H40BrFO4. The van der Waals surface area contributed by atoms with Crippen LogP contribution in [0.4, 0.5) is 4.39 Å². The molecule has 2 aliphatic rings. The Kier molecular flexibility index (Phi) is 10.5. The lowest BCUT2D eigenvalue weighted by atomic mass is 9.69. The van der Waals surface area contributed by atoms with Crippen LogP contribution in [0.1, 0.15) is 64.9 Å². The molecule has 1 N–H and O–H groups in total. The van der Waals surface area contributed by atoms with Crippen LogP contribution in [0.25, 0.3) is 0 Å². The molecule has 36 heavy (non-hydrogen) atoms. The number of allylic oxidation sites excluding steroid dienone is 4. The van der Waals surface area contributed by atoms with Crippen LogP contribution in [-0.4, -0.2) is 37.0 Å². The van der Waals surface area contributed by atoms with Crippen LogP contribution in [0.5, 0.6) is 0 Å². The molecule has 1 unspecified atom stereocenters. The van der Waals surface area contributed by atoms with Crippen LogP contribution in [0.3, 0.4) is 0 Å². The third-order valence-electron chi connectivity index (χ3n) is 7.75. The Balaban J connectivity index is 1.80. The number of carbonyl (C=O) groups excluding carboxylic acids is 1. The third-order valence-corrected chi connectivity index (χ3v) is 8.48. The van der Waals surface area contributed by atoms with E-state index in [1.165, 1.54) is 24.8 Å². The van der Waals surface area contributed by atoms with Gasteiger partial charge in [-0.3, -0.25) is 4.79 Å². The molecule has 0 amide bonds. The number of esters is 1. The fourth-order valence-electron chi connectivity index (χ4n) is 5.60. The van der Waals surface area contributed by atoms with Crippen molar-refractivity contribution >= 4 is 21.9 Å². The van der Waals surface area contributed by atoms with Crippen molar-refractivity contribution in [2.75, 3.05) is 13.7 Å². The van der Waals surface area contributed by atoms with E-state index in [0.29, 0.717) is 13.0 Å². The topological polar surface area (TPSA) is 55.8 Å². The molecule has 2 fully saturated rings. The first-order chi connectivity index (χ1) is 17.2. The standard InChI is InChI=1S/C30H40BrFO4/c1-20(2)11-12-21(3)29(34)26(31)17-24-25(9-7-5-6-8-10-28(33)35-4)30(18-27(24)36-19-30)22-13-15-23(32)16-14-22/h5,7,11,13-17,21,24-25,27,29,34H,6,8-10,12,18-19H2,1-4H3/t21?,24-,25-,27-,29-,30-/m0/s1. The number of fused-ring (bicyclic) bond motifs is 2. The Morgan fingerprint density at radius 3 is 2.69 bits per heavy atom. The van der Waals surface area contributed by atoms with Crippen LogP contribution >= 0.6 is 15.9 Å². The van der Waals surface area contributed by atoms with Crippen LogP contribution in [0, 0.1) is 23.6 Å². The highest BCUT2D eigenvalue weighted by molar-refractivity contribution is 9.11. The Morgan fingerprint density at radius 1 is 1.31 bits per heavy atom. The highest BCUT2D eigenvalue weighted by Gasteiger charge is 2.58. The molecule has 0 aromatic heterocycles. The average Bonchev–Trinajstić information content (AvgIpc) is 3.42. The molecule has 0 radical (unpaired) electrons. The zero-order valence-corrected chi connectivity index (χ0v) is 23.5. The molecule has 3 rings (SSSR count). The van der Waals surface area contributed by atoms with Crippen molar-refractivity contribution in [2.24, 2.45) is 17.8 Å². The SMILES string of the molecule is COC(=O)CCCC=CC[C@H]1[C@H](C=C(Br)[C@@H](O)C(C)CC=C(C)C)[C@@H]2C[C@@]1(c1ccc(F)cc1)CO2. The number of aliphatic hydroxyl groups excluding tert-OH is 1. The minimum atomic E-state index is -0.587. The molecule has 6 atom stereocenters. The van der Waals surface area contributed by atoms with Crippen LogP contribution in [0.2, 0.25) is 0 Å². The normalized spacial score (nSPS) is 27.3. The van der Waals surface area contributed by atoms with E-state index >= 15 is 0 Å². The van der Waals surface area contributed by atoms with Crippen molar-refractivity contribution in [1.82, 2.24) is 0 Å². The van der Waals surface area contributed by atoms with Gasteiger partial charge in [0, 0.05) is 22.2 Å². The maximum absolute atomic E-state index is 13.7. The molecule has 198 valence electrons. The van der Waals surface area contributed by atoms with Gasteiger partial charge in [0.25, 0.3) is 0 Å². The number of hydrogen-bond acceptors (Lipinski definition) is 4. The molecule has 4 nitrogen and oxygen atoms in total. The molecule has 1 aliphatic carbocycles. The minimum Gasteiger partial charge on any atom is -0.469 e. The van der Waals surface area contributed by atoms with E-state index in [1.54, 1.807) is 0 Å². The molecule has 1 aromatic carbocycles. The van der Waals surface area contributed by atoms with E-state index in [2.05, 4.69) is 61.0 Å². The zero-order chi connectivity index (χ0) is 26.3. The Morgan fingerprint density at radius 2 is 2.03 bits per heavy atom. The van der Waals surface area contributed by atoms with Gasteiger partial charge in [-0.25, -0.2) is 4.39 Å². The summed E-state index contributed by atoms with van der Waals surface area (Å²) in [4.78, 5) is 11.4. The first-order valence-electron chi connectivity index (χ1n) is 13.0. The highest BCUT2D eigenvalue weighted by Crippen LogP contribution is 2.57. The largest absolute Gasteiger partial charge is 0.469 e. The number of hydrogen-bond donors (Lipinski definition) is 1. The van der Waals surface area contributed by atoms with E-state index in [-0.39, 0.29) is 41.1 Å². The van der Waals surface area contributed by atoms with E-state index in [9.17, 15) is 14.3 Å². The third kappa shape index (κ3) is 6.96. The van der Waals surface area contributed by atoms with Gasteiger partial charge in [-0.1, -0.05) is 64.9 Å². The molecule has 6 heteroatoms.